The van der Waals surface area contributed by atoms with Crippen LogP contribution in [0.1, 0.15) is 21.6 Å². The normalized spacial score (nSPS) is 14.9. The predicted molar refractivity (Wildman–Crippen MR) is 62.7 cm³/mol. The smallest absolute Gasteiger partial charge is 0.186 e. The number of rotatable bonds is 2. The third-order valence-corrected chi connectivity index (χ3v) is 3.39. The average molecular weight is 227 g/mol. The number of hydrogen-bond acceptors (Lipinski definition) is 3. The number of hydrogen-bond donors (Lipinski definition) is 0. The summed E-state index contributed by atoms with van der Waals surface area (Å²) in [6, 6.07) is 8.25. The quantitative estimate of drug-likeness (QED) is 0.729. The largest absolute Gasteiger partial charge is 0.292 e. The van der Waals surface area contributed by atoms with Crippen LogP contribution < -0.4 is 0 Å². The SMILES string of the molecule is Cn1nncc1C(=O)C1Cc2ccccc2C1. The second-order valence-electron chi connectivity index (χ2n) is 4.48. The maximum Gasteiger partial charge on any atom is 0.186 e. The van der Waals surface area contributed by atoms with Gasteiger partial charge in [0.15, 0.2) is 5.78 Å². The van der Waals surface area contributed by atoms with Crippen LogP contribution >= 0.6 is 0 Å². The molecule has 4 heteroatoms. The lowest BCUT2D eigenvalue weighted by Gasteiger charge is -2.06. The molecule has 4 nitrogen and oxygen atoms in total. The third kappa shape index (κ3) is 1.65. The van der Waals surface area contributed by atoms with Crippen molar-refractivity contribution >= 4 is 5.78 Å². The van der Waals surface area contributed by atoms with E-state index in [0.717, 1.165) is 12.8 Å². The molecule has 0 radical (unpaired) electrons. The standard InChI is InChI=1S/C13H13N3O/c1-16-12(8-14-15-16)13(17)11-6-9-4-2-3-5-10(9)7-11/h2-5,8,11H,6-7H2,1H3. The molecule has 17 heavy (non-hydrogen) atoms. The molecule has 0 fully saturated rings. The number of fused-ring (bicyclic) bond motifs is 1. The molecule has 0 N–H and O–H groups in total. The Morgan fingerprint density at radius 2 is 1.94 bits per heavy atom. The molecule has 1 aromatic heterocycles. The summed E-state index contributed by atoms with van der Waals surface area (Å²) in [5.41, 5.74) is 3.18. The Labute approximate surface area is 99.3 Å². The minimum Gasteiger partial charge on any atom is -0.292 e. The monoisotopic (exact) mass is 227 g/mol. The predicted octanol–water partition coefficient (Wildman–Crippen LogP) is 1.41. The number of Topliss-reactive ketones (excluding diaryl/α,β-unsaturated/α-hetero) is 1. The summed E-state index contributed by atoms with van der Waals surface area (Å²) in [5.74, 6) is 0.193. The Kier molecular flexibility index (Phi) is 2.28. The Hall–Kier alpha value is -1.97. The van der Waals surface area contributed by atoms with E-state index in [1.165, 1.54) is 11.1 Å². The maximum atomic E-state index is 12.3. The molecular formula is C13H13N3O. The van der Waals surface area contributed by atoms with Gasteiger partial charge in [0, 0.05) is 13.0 Å². The van der Waals surface area contributed by atoms with Gasteiger partial charge < -0.3 is 0 Å². The van der Waals surface area contributed by atoms with Crippen molar-refractivity contribution in [2.45, 2.75) is 12.8 Å². The van der Waals surface area contributed by atoms with Crippen LogP contribution in [0.5, 0.6) is 0 Å². The Morgan fingerprint density at radius 1 is 1.29 bits per heavy atom. The number of carbonyl (C=O) groups excluding carboxylic acids is 1. The van der Waals surface area contributed by atoms with Crippen LogP contribution in [-0.4, -0.2) is 20.8 Å². The molecule has 1 aliphatic rings. The van der Waals surface area contributed by atoms with Gasteiger partial charge in [0.2, 0.25) is 0 Å². The molecule has 0 unspecified atom stereocenters. The van der Waals surface area contributed by atoms with Crippen LogP contribution in [0.3, 0.4) is 0 Å². The summed E-state index contributed by atoms with van der Waals surface area (Å²) in [6.07, 6.45) is 3.21. The minimum absolute atomic E-state index is 0.0459. The molecule has 0 saturated carbocycles. The van der Waals surface area contributed by atoms with Gasteiger partial charge in [0.05, 0.1) is 6.20 Å². The van der Waals surface area contributed by atoms with Gasteiger partial charge in [-0.25, -0.2) is 4.68 Å². The van der Waals surface area contributed by atoms with E-state index in [-0.39, 0.29) is 11.7 Å². The highest BCUT2D eigenvalue weighted by atomic mass is 16.1. The van der Waals surface area contributed by atoms with Crippen LogP contribution in [0.15, 0.2) is 30.5 Å². The van der Waals surface area contributed by atoms with Gasteiger partial charge >= 0.3 is 0 Å². The third-order valence-electron chi connectivity index (χ3n) is 3.39. The first-order chi connectivity index (χ1) is 8.25. The summed E-state index contributed by atoms with van der Waals surface area (Å²) in [5, 5.41) is 7.56. The number of nitrogens with zero attached hydrogens (tertiary/aromatic N) is 3. The van der Waals surface area contributed by atoms with Crippen LogP contribution in [0.4, 0.5) is 0 Å². The van der Waals surface area contributed by atoms with Gasteiger partial charge in [-0.15, -0.1) is 5.10 Å². The Morgan fingerprint density at radius 3 is 2.47 bits per heavy atom. The van der Waals surface area contributed by atoms with E-state index in [4.69, 9.17) is 0 Å². The lowest BCUT2D eigenvalue weighted by molar-refractivity contribution is 0.0915. The maximum absolute atomic E-state index is 12.3. The van der Waals surface area contributed by atoms with Crippen molar-refractivity contribution in [3.63, 3.8) is 0 Å². The van der Waals surface area contributed by atoms with Crippen LogP contribution in [-0.2, 0) is 19.9 Å². The topological polar surface area (TPSA) is 47.8 Å². The first kappa shape index (κ1) is 10.2. The molecule has 1 heterocycles. The van der Waals surface area contributed by atoms with Gasteiger partial charge in [-0.3, -0.25) is 4.79 Å². The zero-order valence-electron chi connectivity index (χ0n) is 9.63. The summed E-state index contributed by atoms with van der Waals surface area (Å²) >= 11 is 0. The number of aryl methyl sites for hydroxylation is 1. The van der Waals surface area contributed by atoms with E-state index in [0.29, 0.717) is 5.69 Å². The van der Waals surface area contributed by atoms with Crippen molar-refractivity contribution in [1.82, 2.24) is 15.0 Å². The second-order valence-corrected chi connectivity index (χ2v) is 4.48. The van der Waals surface area contributed by atoms with Crippen molar-refractivity contribution in [3.05, 3.63) is 47.3 Å². The van der Waals surface area contributed by atoms with E-state index in [2.05, 4.69) is 22.4 Å². The molecule has 3 rings (SSSR count). The van der Waals surface area contributed by atoms with E-state index in [9.17, 15) is 4.79 Å². The molecule has 2 aromatic rings. The average Bonchev–Trinajstić information content (AvgIpc) is 2.93. The van der Waals surface area contributed by atoms with Crippen molar-refractivity contribution in [1.29, 1.82) is 0 Å². The Bertz CT molecular complexity index is 549. The molecule has 0 spiro atoms. The highest BCUT2D eigenvalue weighted by Crippen LogP contribution is 2.28. The Balaban J connectivity index is 1.86. The summed E-state index contributed by atoms with van der Waals surface area (Å²) < 4.78 is 1.55. The highest BCUT2D eigenvalue weighted by Gasteiger charge is 2.29. The van der Waals surface area contributed by atoms with Crippen molar-refractivity contribution in [2.75, 3.05) is 0 Å². The molecule has 0 atom stereocenters. The van der Waals surface area contributed by atoms with Crippen LogP contribution in [0, 0.1) is 5.92 Å². The van der Waals surface area contributed by atoms with Gasteiger partial charge in [-0.2, -0.15) is 0 Å². The molecule has 0 saturated heterocycles. The first-order valence-electron chi connectivity index (χ1n) is 5.71. The van der Waals surface area contributed by atoms with Crippen LogP contribution in [0.2, 0.25) is 0 Å². The van der Waals surface area contributed by atoms with Gasteiger partial charge in [0.25, 0.3) is 0 Å². The lowest BCUT2D eigenvalue weighted by atomic mass is 9.99. The van der Waals surface area contributed by atoms with E-state index < -0.39 is 0 Å². The van der Waals surface area contributed by atoms with Gasteiger partial charge in [-0.05, 0) is 24.0 Å². The molecule has 86 valence electrons. The van der Waals surface area contributed by atoms with Crippen molar-refractivity contribution in [2.24, 2.45) is 13.0 Å². The van der Waals surface area contributed by atoms with E-state index in [1.54, 1.807) is 17.9 Å². The fourth-order valence-electron chi connectivity index (χ4n) is 2.47. The van der Waals surface area contributed by atoms with E-state index >= 15 is 0 Å². The number of ketones is 1. The molecule has 1 aromatic carbocycles. The zero-order chi connectivity index (χ0) is 11.8. The lowest BCUT2D eigenvalue weighted by Crippen LogP contribution is -2.18. The molecule has 1 aliphatic carbocycles. The zero-order valence-corrected chi connectivity index (χ0v) is 9.63. The fourth-order valence-corrected chi connectivity index (χ4v) is 2.47. The first-order valence-corrected chi connectivity index (χ1v) is 5.71. The molecule has 0 aliphatic heterocycles. The number of carbonyl (C=O) groups is 1. The van der Waals surface area contributed by atoms with Gasteiger partial charge in [0.1, 0.15) is 5.69 Å². The number of aromatic nitrogens is 3. The summed E-state index contributed by atoms with van der Waals surface area (Å²) in [6.45, 7) is 0. The van der Waals surface area contributed by atoms with E-state index in [1.807, 2.05) is 12.1 Å². The van der Waals surface area contributed by atoms with Crippen molar-refractivity contribution in [3.8, 4) is 0 Å². The summed E-state index contributed by atoms with van der Waals surface area (Å²) in [7, 11) is 1.75. The van der Waals surface area contributed by atoms with Gasteiger partial charge in [-0.1, -0.05) is 29.5 Å². The van der Waals surface area contributed by atoms with Crippen molar-refractivity contribution < 1.29 is 4.79 Å². The second kappa shape index (κ2) is 3.80. The minimum atomic E-state index is 0.0459. The fraction of sp³-hybridized carbons (Fsp3) is 0.308. The summed E-state index contributed by atoms with van der Waals surface area (Å²) in [4.78, 5) is 12.3. The molecule has 0 bridgehead atoms. The molecular weight excluding hydrogens is 214 g/mol. The number of benzene rings is 1. The molecule has 0 amide bonds. The highest BCUT2D eigenvalue weighted by molar-refractivity contribution is 5.96. The van der Waals surface area contributed by atoms with Crippen LogP contribution in [0.25, 0.3) is 0 Å².